The number of aromatic amines is 1. The summed E-state index contributed by atoms with van der Waals surface area (Å²) in [5.74, 6) is -1.64. The van der Waals surface area contributed by atoms with Gasteiger partial charge in [0.15, 0.2) is 17.0 Å². The van der Waals surface area contributed by atoms with E-state index >= 15 is 0 Å². The van der Waals surface area contributed by atoms with Crippen LogP contribution < -0.4 is 27.0 Å². The number of fused-ring (bicyclic) bond motifs is 1. The maximum atomic E-state index is 13.1. The summed E-state index contributed by atoms with van der Waals surface area (Å²) in [5.41, 5.74) is 15.6. The minimum absolute atomic E-state index is 0.0158. The molecule has 0 spiro atoms. The maximum Gasteiger partial charge on any atom is 0.326 e. The largest absolute Gasteiger partial charge is 0.480 e. The number of nitrogens with zero attached hydrogens (tertiary/aromatic N) is 8. The van der Waals surface area contributed by atoms with Gasteiger partial charge in [0.25, 0.3) is 11.8 Å². The summed E-state index contributed by atoms with van der Waals surface area (Å²) in [4.78, 5) is 56.7. The van der Waals surface area contributed by atoms with Gasteiger partial charge in [-0.05, 0) is 65.4 Å². The molecular weight excluding hydrogens is 630 g/mol. The lowest BCUT2D eigenvalue weighted by molar-refractivity contribution is -0.139. The molecule has 0 aliphatic heterocycles. The lowest BCUT2D eigenvalue weighted by Gasteiger charge is -2.20. The van der Waals surface area contributed by atoms with E-state index in [1.54, 1.807) is 36.5 Å². The molecule has 2 amide bonds. The molecule has 1 atom stereocenters. The number of benzene rings is 2. The second-order valence-corrected chi connectivity index (χ2v) is 12.4. The Morgan fingerprint density at radius 2 is 1.78 bits per heavy atom. The Morgan fingerprint density at radius 1 is 1.02 bits per heavy atom. The van der Waals surface area contributed by atoms with Crippen LogP contribution in [0.25, 0.3) is 22.6 Å². The first-order valence-electron chi connectivity index (χ1n) is 15.4. The van der Waals surface area contributed by atoms with E-state index in [0.29, 0.717) is 41.0 Å². The molecule has 5 aromatic rings. The third kappa shape index (κ3) is 8.19. The SMILES string of the molecule is CN(Cc1cnc2nc(N)nc(N)c2n1)c1ccc(C(=O)N[C@@H](CCCNC(=O)c2ccc(C(C)(C)C)cc2-c2nn[nH]n2)C(=O)O)cc1. The van der Waals surface area contributed by atoms with Crippen molar-refractivity contribution in [2.24, 2.45) is 0 Å². The number of aliphatic carboxylic acids is 1. The van der Waals surface area contributed by atoms with E-state index in [2.05, 4.69) is 72.0 Å². The van der Waals surface area contributed by atoms with E-state index in [4.69, 9.17) is 11.5 Å². The smallest absolute Gasteiger partial charge is 0.326 e. The van der Waals surface area contributed by atoms with Gasteiger partial charge in [0.1, 0.15) is 6.04 Å². The van der Waals surface area contributed by atoms with Crippen molar-refractivity contribution in [1.82, 2.24) is 51.2 Å². The molecule has 17 nitrogen and oxygen atoms in total. The van der Waals surface area contributed by atoms with Crippen LogP contribution in [-0.2, 0) is 16.8 Å². The molecule has 17 heteroatoms. The molecule has 0 saturated heterocycles. The van der Waals surface area contributed by atoms with Gasteiger partial charge >= 0.3 is 5.97 Å². The predicted octanol–water partition coefficient (Wildman–Crippen LogP) is 2.09. The number of H-pyrrole nitrogens is 1. The van der Waals surface area contributed by atoms with Crippen LogP contribution in [0.1, 0.15) is 65.6 Å². The molecule has 2 aromatic carbocycles. The van der Waals surface area contributed by atoms with E-state index in [0.717, 1.165) is 11.3 Å². The molecule has 0 radical (unpaired) electrons. The van der Waals surface area contributed by atoms with Crippen molar-refractivity contribution >= 4 is 46.4 Å². The number of tetrazole rings is 1. The molecule has 0 unspecified atom stereocenters. The number of carboxylic acids is 1. The Kier molecular flexibility index (Phi) is 9.91. The number of hydrogen-bond acceptors (Lipinski definition) is 13. The Bertz CT molecular complexity index is 1980. The van der Waals surface area contributed by atoms with Gasteiger partial charge in [0.05, 0.1) is 24.0 Å². The van der Waals surface area contributed by atoms with Crippen LogP contribution in [0.2, 0.25) is 0 Å². The van der Waals surface area contributed by atoms with Crippen molar-refractivity contribution in [3.8, 4) is 11.4 Å². The minimum Gasteiger partial charge on any atom is -0.480 e. The summed E-state index contributed by atoms with van der Waals surface area (Å²) in [6.07, 6.45) is 1.96. The Labute approximate surface area is 280 Å². The van der Waals surface area contributed by atoms with Gasteiger partial charge in [-0.25, -0.2) is 14.8 Å². The average molecular weight is 668 g/mol. The highest BCUT2D eigenvalue weighted by Crippen LogP contribution is 2.29. The lowest BCUT2D eigenvalue weighted by atomic mass is 9.85. The van der Waals surface area contributed by atoms with Crippen molar-refractivity contribution in [2.75, 3.05) is 30.0 Å². The first kappa shape index (κ1) is 34.1. The highest BCUT2D eigenvalue weighted by Gasteiger charge is 2.23. The van der Waals surface area contributed by atoms with E-state index in [-0.39, 0.29) is 47.4 Å². The number of aromatic nitrogens is 8. The van der Waals surface area contributed by atoms with Crippen molar-refractivity contribution in [3.63, 3.8) is 0 Å². The van der Waals surface area contributed by atoms with E-state index in [1.165, 1.54) is 0 Å². The molecule has 3 heterocycles. The zero-order chi connectivity index (χ0) is 35.3. The summed E-state index contributed by atoms with van der Waals surface area (Å²) in [7, 11) is 1.84. The number of rotatable bonds is 12. The standard InChI is InChI=1S/C32H37N13O4/c1-32(2,3)18-9-12-21(22(14-18)26-41-43-44-42-26)29(47)35-13-5-6-23(30(48)49)38-28(46)17-7-10-20(11-8-17)45(4)16-19-15-36-27-24(37-19)25(33)39-31(34)40-27/h7-12,14-15,23H,5-6,13,16H2,1-4H3,(H,35,47)(H,38,46)(H,48,49)(H,41,42,43,44)(H4,33,34,36,39,40)/t23-/m0/s1. The van der Waals surface area contributed by atoms with Crippen molar-refractivity contribution in [3.05, 3.63) is 71.0 Å². The quantitative estimate of drug-likeness (QED) is 0.104. The van der Waals surface area contributed by atoms with Crippen LogP contribution in [0, 0.1) is 0 Å². The van der Waals surface area contributed by atoms with Crippen molar-refractivity contribution in [1.29, 1.82) is 0 Å². The molecule has 0 fully saturated rings. The van der Waals surface area contributed by atoms with Crippen molar-refractivity contribution < 1.29 is 19.5 Å². The van der Waals surface area contributed by atoms with Gasteiger partial charge in [-0.1, -0.05) is 26.8 Å². The van der Waals surface area contributed by atoms with E-state index in [1.807, 2.05) is 24.1 Å². The van der Waals surface area contributed by atoms with Crippen LogP contribution in [0.3, 0.4) is 0 Å². The number of anilines is 3. The highest BCUT2D eigenvalue weighted by molar-refractivity contribution is 6.00. The van der Waals surface area contributed by atoms with Crippen LogP contribution in [0.15, 0.2) is 48.7 Å². The molecule has 49 heavy (non-hydrogen) atoms. The first-order valence-corrected chi connectivity index (χ1v) is 15.4. The summed E-state index contributed by atoms with van der Waals surface area (Å²) in [6.45, 7) is 6.73. The number of carbonyl (C=O) groups is 3. The average Bonchev–Trinajstić information content (AvgIpc) is 3.60. The van der Waals surface area contributed by atoms with Gasteiger partial charge in [-0.2, -0.15) is 15.2 Å². The topological polar surface area (TPSA) is 257 Å². The van der Waals surface area contributed by atoms with Gasteiger partial charge in [0, 0.05) is 30.4 Å². The fourth-order valence-electron chi connectivity index (χ4n) is 5.03. The zero-order valence-electron chi connectivity index (χ0n) is 27.4. The normalized spacial score (nSPS) is 12.0. The summed E-state index contributed by atoms with van der Waals surface area (Å²) in [5, 5.41) is 29.3. The third-order valence-corrected chi connectivity index (χ3v) is 7.75. The van der Waals surface area contributed by atoms with Crippen LogP contribution in [0.4, 0.5) is 17.5 Å². The molecule has 0 aliphatic carbocycles. The van der Waals surface area contributed by atoms with Gasteiger partial charge in [0.2, 0.25) is 11.8 Å². The third-order valence-electron chi connectivity index (χ3n) is 7.75. The van der Waals surface area contributed by atoms with Crippen LogP contribution >= 0.6 is 0 Å². The molecule has 5 rings (SSSR count). The Balaban J connectivity index is 1.15. The molecule has 8 N–H and O–H groups in total. The zero-order valence-corrected chi connectivity index (χ0v) is 27.4. The Morgan fingerprint density at radius 3 is 2.45 bits per heavy atom. The molecule has 0 bridgehead atoms. The highest BCUT2D eigenvalue weighted by atomic mass is 16.4. The van der Waals surface area contributed by atoms with Crippen LogP contribution in [-0.4, -0.2) is 83.1 Å². The van der Waals surface area contributed by atoms with Crippen molar-refractivity contribution in [2.45, 2.75) is 51.6 Å². The second kappa shape index (κ2) is 14.2. The number of nitrogen functional groups attached to an aromatic ring is 2. The molecule has 0 aliphatic rings. The van der Waals surface area contributed by atoms with Gasteiger partial charge in [-0.3, -0.25) is 9.59 Å². The second-order valence-electron chi connectivity index (χ2n) is 12.4. The lowest BCUT2D eigenvalue weighted by Crippen LogP contribution is -2.41. The number of nitrogens with one attached hydrogen (secondary N) is 3. The summed E-state index contributed by atoms with van der Waals surface area (Å²) < 4.78 is 0. The summed E-state index contributed by atoms with van der Waals surface area (Å²) in [6, 6.07) is 11.0. The molecule has 3 aromatic heterocycles. The fourth-order valence-corrected chi connectivity index (χ4v) is 5.03. The number of carbonyl (C=O) groups excluding carboxylic acids is 2. The number of hydrogen-bond donors (Lipinski definition) is 6. The van der Waals surface area contributed by atoms with Gasteiger partial charge < -0.3 is 32.1 Å². The van der Waals surface area contributed by atoms with Crippen LogP contribution in [0.5, 0.6) is 0 Å². The van der Waals surface area contributed by atoms with Gasteiger partial charge in [-0.15, -0.1) is 10.2 Å². The predicted molar refractivity (Wildman–Crippen MR) is 181 cm³/mol. The van der Waals surface area contributed by atoms with E-state index < -0.39 is 17.9 Å². The molecule has 254 valence electrons. The number of nitrogens with two attached hydrogens (primary N) is 2. The first-order chi connectivity index (χ1) is 23.3. The van der Waals surface area contributed by atoms with E-state index in [9.17, 15) is 19.5 Å². The minimum atomic E-state index is -1.18. The molecule has 0 saturated carbocycles. The summed E-state index contributed by atoms with van der Waals surface area (Å²) >= 11 is 0. The maximum absolute atomic E-state index is 13.1. The monoisotopic (exact) mass is 667 g/mol. The Hall–Kier alpha value is -6.26. The number of carboxylic acid groups (broad SMARTS) is 1. The fraction of sp³-hybridized carbons (Fsp3) is 0.312. The molecular formula is C32H37N13O4. The number of amides is 2.